The van der Waals surface area contributed by atoms with Crippen LogP contribution in [0.2, 0.25) is 0 Å². The minimum Gasteiger partial charge on any atom is -0.289 e. The summed E-state index contributed by atoms with van der Waals surface area (Å²) in [4.78, 5) is 17.2. The lowest BCUT2D eigenvalue weighted by Crippen LogP contribution is -1.94. The number of hydrogen-bond acceptors (Lipinski definition) is 3. The van der Waals surface area contributed by atoms with E-state index in [2.05, 4.69) is 4.98 Å². The van der Waals surface area contributed by atoms with Crippen LogP contribution in [0.3, 0.4) is 0 Å². The summed E-state index contributed by atoms with van der Waals surface area (Å²) >= 11 is 1.51. The Bertz CT molecular complexity index is 761. The minimum absolute atomic E-state index is 0.00109. The Hall–Kier alpha value is -2.52. The van der Waals surface area contributed by atoms with Crippen LogP contribution in [-0.4, -0.2) is 10.8 Å². The smallest absolute Gasteiger partial charge is 0.185 e. The molecule has 0 spiro atoms. The van der Waals surface area contributed by atoms with E-state index in [0.717, 1.165) is 16.0 Å². The number of ketones is 1. The number of thiazole rings is 1. The van der Waals surface area contributed by atoms with Crippen LogP contribution in [-0.2, 0) is 0 Å². The maximum atomic E-state index is 12.2. The molecule has 21 heavy (non-hydrogen) atoms. The largest absolute Gasteiger partial charge is 0.289 e. The zero-order chi connectivity index (χ0) is 14.5. The summed E-state index contributed by atoms with van der Waals surface area (Å²) in [7, 11) is 0. The second kappa shape index (κ2) is 6.29. The van der Waals surface area contributed by atoms with E-state index >= 15 is 0 Å². The number of rotatable bonds is 4. The highest BCUT2D eigenvalue weighted by Crippen LogP contribution is 2.20. The SMILES string of the molecule is O=C(/C=C/c1cncs1)c1cccc(-c2ccccc2)c1. The van der Waals surface area contributed by atoms with Crippen LogP contribution < -0.4 is 0 Å². The first-order valence-corrected chi connectivity index (χ1v) is 7.47. The van der Waals surface area contributed by atoms with Gasteiger partial charge >= 0.3 is 0 Å². The predicted octanol–water partition coefficient (Wildman–Crippen LogP) is 4.71. The van der Waals surface area contributed by atoms with Crippen molar-refractivity contribution in [3.63, 3.8) is 0 Å². The molecule has 0 saturated carbocycles. The van der Waals surface area contributed by atoms with E-state index in [1.54, 1.807) is 23.9 Å². The normalized spacial score (nSPS) is 10.9. The zero-order valence-electron chi connectivity index (χ0n) is 11.3. The molecule has 0 amide bonds. The quantitative estimate of drug-likeness (QED) is 0.515. The average Bonchev–Trinajstić information content (AvgIpc) is 3.07. The highest BCUT2D eigenvalue weighted by Gasteiger charge is 2.04. The van der Waals surface area contributed by atoms with E-state index in [1.165, 1.54) is 11.3 Å². The fraction of sp³-hybridized carbons (Fsp3) is 0. The van der Waals surface area contributed by atoms with Crippen molar-refractivity contribution in [3.8, 4) is 11.1 Å². The van der Waals surface area contributed by atoms with E-state index in [4.69, 9.17) is 0 Å². The first kappa shape index (κ1) is 13.5. The molecule has 2 nitrogen and oxygen atoms in total. The highest BCUT2D eigenvalue weighted by molar-refractivity contribution is 7.10. The molecule has 3 rings (SSSR count). The lowest BCUT2D eigenvalue weighted by atomic mass is 10.0. The van der Waals surface area contributed by atoms with E-state index in [0.29, 0.717) is 5.56 Å². The van der Waals surface area contributed by atoms with Gasteiger partial charge in [-0.15, -0.1) is 11.3 Å². The summed E-state index contributed by atoms with van der Waals surface area (Å²) in [5, 5.41) is 0. The van der Waals surface area contributed by atoms with Gasteiger partial charge in [0.25, 0.3) is 0 Å². The third kappa shape index (κ3) is 3.33. The van der Waals surface area contributed by atoms with Gasteiger partial charge in [0.2, 0.25) is 0 Å². The van der Waals surface area contributed by atoms with Crippen molar-refractivity contribution in [2.24, 2.45) is 0 Å². The van der Waals surface area contributed by atoms with Crippen LogP contribution >= 0.6 is 11.3 Å². The topological polar surface area (TPSA) is 30.0 Å². The molecular weight excluding hydrogens is 278 g/mol. The van der Waals surface area contributed by atoms with Gasteiger partial charge in [0.05, 0.1) is 5.51 Å². The maximum absolute atomic E-state index is 12.2. The molecule has 0 atom stereocenters. The summed E-state index contributed by atoms with van der Waals surface area (Å²) in [6.45, 7) is 0. The predicted molar refractivity (Wildman–Crippen MR) is 87.4 cm³/mol. The van der Waals surface area contributed by atoms with E-state index in [1.807, 2.05) is 54.6 Å². The van der Waals surface area contributed by atoms with Crippen molar-refractivity contribution < 1.29 is 4.79 Å². The van der Waals surface area contributed by atoms with Gasteiger partial charge in [0.15, 0.2) is 5.78 Å². The van der Waals surface area contributed by atoms with Crippen LogP contribution in [0.15, 0.2) is 72.4 Å². The summed E-state index contributed by atoms with van der Waals surface area (Å²) in [6, 6.07) is 17.7. The molecule has 1 aromatic heterocycles. The number of nitrogens with zero attached hydrogens (tertiary/aromatic N) is 1. The van der Waals surface area contributed by atoms with Gasteiger partial charge in [-0.3, -0.25) is 9.78 Å². The Balaban J connectivity index is 1.84. The summed E-state index contributed by atoms with van der Waals surface area (Å²) in [6.07, 6.45) is 5.14. The Kier molecular flexibility index (Phi) is 4.03. The van der Waals surface area contributed by atoms with Crippen molar-refractivity contribution in [2.45, 2.75) is 0 Å². The number of aromatic nitrogens is 1. The van der Waals surface area contributed by atoms with E-state index < -0.39 is 0 Å². The van der Waals surface area contributed by atoms with Crippen molar-refractivity contribution >= 4 is 23.2 Å². The Labute approximate surface area is 127 Å². The molecular formula is C18H13NOS. The van der Waals surface area contributed by atoms with Crippen LogP contribution in [0.5, 0.6) is 0 Å². The Morgan fingerprint density at radius 3 is 2.57 bits per heavy atom. The van der Waals surface area contributed by atoms with Gasteiger partial charge < -0.3 is 0 Å². The number of carbonyl (C=O) groups excluding carboxylic acids is 1. The van der Waals surface area contributed by atoms with Gasteiger partial charge in [-0.1, -0.05) is 48.5 Å². The van der Waals surface area contributed by atoms with E-state index in [9.17, 15) is 4.79 Å². The molecule has 0 N–H and O–H groups in total. The molecule has 0 aliphatic carbocycles. The fourth-order valence-electron chi connectivity index (χ4n) is 2.04. The Morgan fingerprint density at radius 1 is 1.00 bits per heavy atom. The van der Waals surface area contributed by atoms with Crippen LogP contribution in [0.25, 0.3) is 17.2 Å². The molecule has 0 unspecified atom stereocenters. The number of carbonyl (C=O) groups is 1. The number of allylic oxidation sites excluding steroid dienone is 1. The fourth-order valence-corrected chi connectivity index (χ4v) is 2.56. The number of hydrogen-bond donors (Lipinski definition) is 0. The van der Waals surface area contributed by atoms with Crippen LogP contribution in [0, 0.1) is 0 Å². The van der Waals surface area contributed by atoms with Crippen molar-refractivity contribution in [3.05, 3.63) is 82.8 Å². The molecule has 0 aliphatic heterocycles. The molecule has 102 valence electrons. The molecule has 0 bridgehead atoms. The molecule has 0 saturated heterocycles. The molecule has 0 radical (unpaired) electrons. The number of benzene rings is 2. The third-order valence-corrected chi connectivity index (χ3v) is 3.85. The van der Waals surface area contributed by atoms with Crippen LogP contribution in [0.1, 0.15) is 15.2 Å². The first-order valence-electron chi connectivity index (χ1n) is 6.59. The molecule has 0 fully saturated rings. The Morgan fingerprint density at radius 2 is 1.81 bits per heavy atom. The molecule has 1 heterocycles. The summed E-state index contributed by atoms with van der Waals surface area (Å²) < 4.78 is 0. The van der Waals surface area contributed by atoms with E-state index in [-0.39, 0.29) is 5.78 Å². The molecule has 3 heteroatoms. The highest BCUT2D eigenvalue weighted by atomic mass is 32.1. The molecule has 2 aromatic carbocycles. The molecule has 0 aliphatic rings. The van der Waals surface area contributed by atoms with Crippen molar-refractivity contribution in [2.75, 3.05) is 0 Å². The van der Waals surface area contributed by atoms with Gasteiger partial charge in [-0.05, 0) is 29.3 Å². The lowest BCUT2D eigenvalue weighted by molar-refractivity contribution is 0.104. The third-order valence-electron chi connectivity index (χ3n) is 3.10. The van der Waals surface area contributed by atoms with Gasteiger partial charge in [-0.25, -0.2) is 0 Å². The van der Waals surface area contributed by atoms with Gasteiger partial charge in [-0.2, -0.15) is 0 Å². The van der Waals surface area contributed by atoms with Crippen molar-refractivity contribution in [1.82, 2.24) is 4.98 Å². The van der Waals surface area contributed by atoms with Gasteiger partial charge in [0, 0.05) is 16.6 Å². The summed E-state index contributed by atoms with van der Waals surface area (Å²) in [5.74, 6) is 0.00109. The lowest BCUT2D eigenvalue weighted by Gasteiger charge is -2.03. The van der Waals surface area contributed by atoms with Crippen molar-refractivity contribution in [1.29, 1.82) is 0 Å². The second-order valence-electron chi connectivity index (χ2n) is 4.55. The minimum atomic E-state index is 0.00109. The molecule has 3 aromatic rings. The monoisotopic (exact) mass is 291 g/mol. The second-order valence-corrected chi connectivity index (χ2v) is 5.47. The van der Waals surface area contributed by atoms with Gasteiger partial charge in [0.1, 0.15) is 0 Å². The average molecular weight is 291 g/mol. The standard InChI is InChI=1S/C18H13NOS/c20-18(10-9-17-12-19-13-21-17)16-8-4-7-15(11-16)14-5-2-1-3-6-14/h1-13H/b10-9+. The first-order chi connectivity index (χ1) is 10.3. The zero-order valence-corrected chi connectivity index (χ0v) is 12.1. The maximum Gasteiger partial charge on any atom is 0.185 e. The van der Waals surface area contributed by atoms with Crippen LogP contribution in [0.4, 0.5) is 0 Å². The summed E-state index contributed by atoms with van der Waals surface area (Å²) in [5.41, 5.74) is 4.60.